The van der Waals surface area contributed by atoms with Crippen LogP contribution < -0.4 is 5.32 Å². The molecule has 0 spiro atoms. The SMILES string of the molecule is CC(C)C[C@@H](C(=O)N[C@@H]1CC[C@H]2CN(Cc3ccccc3)C[C@H]21)N(C)S(C)(=O)=O. The molecule has 4 atom stereocenters. The zero-order valence-electron chi connectivity index (χ0n) is 18.0. The molecule has 1 amide bonds. The molecule has 1 aliphatic carbocycles. The van der Waals surface area contributed by atoms with E-state index >= 15 is 0 Å². The molecule has 0 radical (unpaired) electrons. The van der Waals surface area contributed by atoms with E-state index in [0.29, 0.717) is 18.3 Å². The molecule has 1 aromatic carbocycles. The fourth-order valence-electron chi connectivity index (χ4n) is 4.88. The molecule has 2 fully saturated rings. The van der Waals surface area contributed by atoms with E-state index in [1.54, 1.807) is 0 Å². The Labute approximate surface area is 175 Å². The lowest BCUT2D eigenvalue weighted by atomic mass is 9.97. The van der Waals surface area contributed by atoms with E-state index in [2.05, 4.69) is 34.5 Å². The van der Waals surface area contributed by atoms with E-state index in [1.807, 2.05) is 19.9 Å². The number of likely N-dealkylation sites (tertiary alicyclic amines) is 1. The normalized spacial score (nSPS) is 26.1. The summed E-state index contributed by atoms with van der Waals surface area (Å²) < 4.78 is 25.3. The molecule has 0 bridgehead atoms. The molecule has 7 heteroatoms. The topological polar surface area (TPSA) is 69.7 Å². The number of benzene rings is 1. The maximum Gasteiger partial charge on any atom is 0.238 e. The van der Waals surface area contributed by atoms with Crippen LogP contribution in [-0.2, 0) is 21.4 Å². The predicted molar refractivity (Wildman–Crippen MR) is 116 cm³/mol. The molecule has 6 nitrogen and oxygen atoms in total. The van der Waals surface area contributed by atoms with Gasteiger partial charge in [-0.15, -0.1) is 0 Å². The first-order valence-electron chi connectivity index (χ1n) is 10.6. The Balaban J connectivity index is 1.62. The largest absolute Gasteiger partial charge is 0.352 e. The van der Waals surface area contributed by atoms with Gasteiger partial charge in [-0.3, -0.25) is 9.69 Å². The third kappa shape index (κ3) is 5.58. The maximum absolute atomic E-state index is 13.1. The smallest absolute Gasteiger partial charge is 0.238 e. The zero-order valence-corrected chi connectivity index (χ0v) is 18.9. The third-order valence-electron chi connectivity index (χ3n) is 6.47. The number of hydrogen-bond donors (Lipinski definition) is 1. The summed E-state index contributed by atoms with van der Waals surface area (Å²) in [5.41, 5.74) is 1.32. The van der Waals surface area contributed by atoms with Crippen molar-refractivity contribution < 1.29 is 13.2 Å². The number of hydrogen-bond acceptors (Lipinski definition) is 4. The van der Waals surface area contributed by atoms with Crippen molar-refractivity contribution in [2.75, 3.05) is 26.4 Å². The number of nitrogens with zero attached hydrogens (tertiary/aromatic N) is 2. The Hall–Kier alpha value is -1.44. The van der Waals surface area contributed by atoms with Gasteiger partial charge in [-0.1, -0.05) is 44.2 Å². The van der Waals surface area contributed by atoms with Gasteiger partial charge in [0.15, 0.2) is 0 Å². The minimum absolute atomic E-state index is 0.135. The van der Waals surface area contributed by atoms with Gasteiger partial charge in [0, 0.05) is 32.7 Å². The van der Waals surface area contributed by atoms with Crippen molar-refractivity contribution in [2.45, 2.75) is 51.7 Å². The van der Waals surface area contributed by atoms with Gasteiger partial charge in [0.2, 0.25) is 15.9 Å². The van der Waals surface area contributed by atoms with E-state index in [4.69, 9.17) is 0 Å². The van der Waals surface area contributed by atoms with Gasteiger partial charge in [-0.05, 0) is 42.6 Å². The minimum Gasteiger partial charge on any atom is -0.352 e. The lowest BCUT2D eigenvalue weighted by Gasteiger charge is -2.29. The van der Waals surface area contributed by atoms with Gasteiger partial charge in [-0.25, -0.2) is 8.42 Å². The van der Waals surface area contributed by atoms with E-state index < -0.39 is 16.1 Å². The highest BCUT2D eigenvalue weighted by Crippen LogP contribution is 2.38. The number of nitrogens with one attached hydrogen (secondary N) is 1. The summed E-state index contributed by atoms with van der Waals surface area (Å²) in [5, 5.41) is 3.22. The highest BCUT2D eigenvalue weighted by molar-refractivity contribution is 7.88. The van der Waals surface area contributed by atoms with E-state index in [1.165, 1.54) is 16.9 Å². The molecule has 1 saturated carbocycles. The van der Waals surface area contributed by atoms with Crippen LogP contribution in [0.25, 0.3) is 0 Å². The number of carbonyl (C=O) groups is 1. The van der Waals surface area contributed by atoms with Crippen molar-refractivity contribution in [3.05, 3.63) is 35.9 Å². The minimum atomic E-state index is -3.42. The van der Waals surface area contributed by atoms with Crippen molar-refractivity contribution >= 4 is 15.9 Å². The molecule has 2 aliphatic rings. The van der Waals surface area contributed by atoms with Crippen LogP contribution in [-0.4, -0.2) is 62.0 Å². The maximum atomic E-state index is 13.1. The summed E-state index contributed by atoms with van der Waals surface area (Å²) in [7, 11) is -1.91. The number of amides is 1. The quantitative estimate of drug-likeness (QED) is 0.699. The Bertz CT molecular complexity index is 797. The van der Waals surface area contributed by atoms with Gasteiger partial charge in [-0.2, -0.15) is 4.31 Å². The van der Waals surface area contributed by atoms with Crippen molar-refractivity contribution in [1.29, 1.82) is 0 Å². The van der Waals surface area contributed by atoms with Crippen molar-refractivity contribution in [3.63, 3.8) is 0 Å². The van der Waals surface area contributed by atoms with Crippen LogP contribution in [0.1, 0.15) is 38.7 Å². The summed E-state index contributed by atoms with van der Waals surface area (Å²) in [6.45, 7) is 7.04. The van der Waals surface area contributed by atoms with Gasteiger partial charge >= 0.3 is 0 Å². The second-order valence-corrected chi connectivity index (χ2v) is 11.3. The predicted octanol–water partition coefficient (Wildman–Crippen LogP) is 2.32. The molecule has 1 saturated heterocycles. The molecule has 1 N–H and O–H groups in total. The molecule has 1 aliphatic heterocycles. The van der Waals surface area contributed by atoms with Gasteiger partial charge in [0.1, 0.15) is 6.04 Å². The number of likely N-dealkylation sites (N-methyl/N-ethyl adjacent to an activating group) is 1. The van der Waals surface area contributed by atoms with Crippen LogP contribution in [0.5, 0.6) is 0 Å². The third-order valence-corrected chi connectivity index (χ3v) is 7.77. The number of carbonyl (C=O) groups excluding carboxylic acids is 1. The number of sulfonamides is 1. The molecule has 1 aromatic rings. The first-order chi connectivity index (χ1) is 13.6. The summed E-state index contributed by atoms with van der Waals surface area (Å²) in [6.07, 6.45) is 3.79. The number of fused-ring (bicyclic) bond motifs is 1. The van der Waals surface area contributed by atoms with E-state index in [9.17, 15) is 13.2 Å². The Kier molecular flexibility index (Phi) is 7.02. The van der Waals surface area contributed by atoms with Crippen LogP contribution >= 0.6 is 0 Å². The molecule has 162 valence electrons. The molecule has 0 unspecified atom stereocenters. The highest BCUT2D eigenvalue weighted by Gasteiger charge is 2.44. The van der Waals surface area contributed by atoms with E-state index in [0.717, 1.165) is 38.7 Å². The monoisotopic (exact) mass is 421 g/mol. The Morgan fingerprint density at radius 2 is 1.90 bits per heavy atom. The Morgan fingerprint density at radius 3 is 2.52 bits per heavy atom. The average molecular weight is 422 g/mol. The second-order valence-electron chi connectivity index (χ2n) is 9.22. The fraction of sp³-hybridized carbons (Fsp3) is 0.682. The van der Waals surface area contributed by atoms with Crippen LogP contribution in [0.3, 0.4) is 0 Å². The average Bonchev–Trinajstić information content (AvgIpc) is 3.20. The van der Waals surface area contributed by atoms with Crippen molar-refractivity contribution in [1.82, 2.24) is 14.5 Å². The van der Waals surface area contributed by atoms with Gasteiger partial charge in [0.05, 0.1) is 6.26 Å². The van der Waals surface area contributed by atoms with E-state index in [-0.39, 0.29) is 17.9 Å². The highest BCUT2D eigenvalue weighted by atomic mass is 32.2. The van der Waals surface area contributed by atoms with Crippen molar-refractivity contribution in [2.24, 2.45) is 17.8 Å². The number of rotatable bonds is 8. The fourth-order valence-corrected chi connectivity index (χ4v) is 5.53. The summed E-state index contributed by atoms with van der Waals surface area (Å²) in [5.74, 6) is 1.14. The molecular weight excluding hydrogens is 386 g/mol. The van der Waals surface area contributed by atoms with Crippen LogP contribution in [0.2, 0.25) is 0 Å². The lowest BCUT2D eigenvalue weighted by Crippen LogP contribution is -2.51. The Morgan fingerprint density at radius 1 is 1.21 bits per heavy atom. The standard InChI is InChI=1S/C22H35N3O3S/c1-16(2)12-21(24(3)29(4,27)28)22(26)23-20-11-10-18-14-25(15-19(18)20)13-17-8-6-5-7-9-17/h5-9,16,18-21H,10-15H2,1-4H3,(H,23,26)/t18-,19+,20+,21-/m0/s1. The first kappa shape index (κ1) is 22.2. The van der Waals surface area contributed by atoms with Crippen LogP contribution in [0, 0.1) is 17.8 Å². The molecular formula is C22H35N3O3S. The summed E-state index contributed by atoms with van der Waals surface area (Å²) in [4.78, 5) is 15.5. The van der Waals surface area contributed by atoms with Gasteiger partial charge < -0.3 is 5.32 Å². The lowest BCUT2D eigenvalue weighted by molar-refractivity contribution is -0.126. The zero-order chi connectivity index (χ0) is 21.2. The summed E-state index contributed by atoms with van der Waals surface area (Å²) in [6, 6.07) is 9.98. The molecule has 0 aromatic heterocycles. The summed E-state index contributed by atoms with van der Waals surface area (Å²) >= 11 is 0. The van der Waals surface area contributed by atoms with Crippen LogP contribution in [0.4, 0.5) is 0 Å². The van der Waals surface area contributed by atoms with Gasteiger partial charge in [0.25, 0.3) is 0 Å². The molecule has 3 rings (SSSR count). The first-order valence-corrected chi connectivity index (χ1v) is 12.5. The molecule has 1 heterocycles. The van der Waals surface area contributed by atoms with Crippen LogP contribution in [0.15, 0.2) is 30.3 Å². The second kappa shape index (κ2) is 9.14. The molecule has 29 heavy (non-hydrogen) atoms. The van der Waals surface area contributed by atoms with Crippen molar-refractivity contribution in [3.8, 4) is 0 Å².